The second-order valence-electron chi connectivity index (χ2n) is 6.01. The first-order valence-corrected chi connectivity index (χ1v) is 7.12. The topological polar surface area (TPSA) is 26.0 Å². The molecule has 3 rings (SSSR count). The average molecular weight is 229 g/mol. The standard InChI is InChI=1S/C16H23N/c17-15(12-13-8-9-13)16(10-4-5-11-16)14-6-2-1-3-7-14/h1-3,6-7,13,15H,4-5,8-12,17H2. The summed E-state index contributed by atoms with van der Waals surface area (Å²) in [6.07, 6.45) is 9.38. The summed E-state index contributed by atoms with van der Waals surface area (Å²) in [4.78, 5) is 0. The molecule has 0 aliphatic heterocycles. The Hall–Kier alpha value is -0.820. The van der Waals surface area contributed by atoms with E-state index in [2.05, 4.69) is 30.3 Å². The summed E-state index contributed by atoms with van der Waals surface area (Å²) in [7, 11) is 0. The minimum atomic E-state index is 0.295. The van der Waals surface area contributed by atoms with Gasteiger partial charge in [-0.25, -0.2) is 0 Å². The van der Waals surface area contributed by atoms with Crippen molar-refractivity contribution in [3.63, 3.8) is 0 Å². The molecule has 0 amide bonds. The summed E-state index contributed by atoms with van der Waals surface area (Å²) in [5, 5.41) is 0. The third kappa shape index (κ3) is 2.13. The number of nitrogens with two attached hydrogens (primary N) is 1. The van der Waals surface area contributed by atoms with Gasteiger partial charge in [0.15, 0.2) is 0 Å². The second kappa shape index (κ2) is 4.45. The van der Waals surface area contributed by atoms with E-state index < -0.39 is 0 Å². The Kier molecular flexibility index (Phi) is 2.96. The van der Waals surface area contributed by atoms with Crippen LogP contribution in [-0.4, -0.2) is 6.04 Å². The van der Waals surface area contributed by atoms with Crippen LogP contribution in [-0.2, 0) is 5.41 Å². The van der Waals surface area contributed by atoms with Crippen molar-refractivity contribution in [3.05, 3.63) is 35.9 Å². The van der Waals surface area contributed by atoms with Crippen LogP contribution in [0.15, 0.2) is 30.3 Å². The molecule has 2 N–H and O–H groups in total. The molecule has 0 aromatic heterocycles. The summed E-state index contributed by atoms with van der Waals surface area (Å²) in [6.45, 7) is 0. The predicted octanol–water partition coefficient (Wildman–Crippen LogP) is 3.63. The zero-order valence-electron chi connectivity index (χ0n) is 10.6. The van der Waals surface area contributed by atoms with Gasteiger partial charge in [-0.05, 0) is 30.7 Å². The lowest BCUT2D eigenvalue weighted by molar-refractivity contribution is 0.323. The molecule has 2 aliphatic rings. The van der Waals surface area contributed by atoms with Gasteiger partial charge < -0.3 is 5.73 Å². The number of rotatable bonds is 4. The van der Waals surface area contributed by atoms with Crippen LogP contribution >= 0.6 is 0 Å². The van der Waals surface area contributed by atoms with E-state index in [0.717, 1.165) is 5.92 Å². The lowest BCUT2D eigenvalue weighted by Crippen LogP contribution is -2.43. The van der Waals surface area contributed by atoms with Gasteiger partial charge in [-0.1, -0.05) is 56.0 Å². The fourth-order valence-corrected chi connectivity index (χ4v) is 3.59. The van der Waals surface area contributed by atoms with Crippen LogP contribution in [0.2, 0.25) is 0 Å². The quantitative estimate of drug-likeness (QED) is 0.838. The molecule has 1 atom stereocenters. The van der Waals surface area contributed by atoms with Crippen molar-refractivity contribution in [2.24, 2.45) is 11.7 Å². The van der Waals surface area contributed by atoms with Gasteiger partial charge in [-0.2, -0.15) is 0 Å². The zero-order chi connectivity index (χ0) is 11.7. The Balaban J connectivity index is 1.86. The molecule has 1 aromatic rings. The molecule has 0 spiro atoms. The van der Waals surface area contributed by atoms with Gasteiger partial charge in [0, 0.05) is 11.5 Å². The van der Waals surface area contributed by atoms with E-state index in [1.807, 2.05) is 0 Å². The van der Waals surface area contributed by atoms with Crippen LogP contribution in [0.1, 0.15) is 50.5 Å². The molecule has 0 bridgehead atoms. The summed E-state index contributed by atoms with van der Waals surface area (Å²) in [5.74, 6) is 0.936. The highest BCUT2D eigenvalue weighted by molar-refractivity contribution is 5.29. The molecule has 2 aliphatic carbocycles. The van der Waals surface area contributed by atoms with Crippen LogP contribution in [0.25, 0.3) is 0 Å². The minimum absolute atomic E-state index is 0.295. The number of hydrogen-bond acceptors (Lipinski definition) is 1. The number of hydrogen-bond donors (Lipinski definition) is 1. The first kappa shape index (κ1) is 11.3. The molecule has 2 fully saturated rings. The van der Waals surface area contributed by atoms with Crippen LogP contribution in [0.3, 0.4) is 0 Å². The smallest absolute Gasteiger partial charge is 0.0139 e. The fourth-order valence-electron chi connectivity index (χ4n) is 3.59. The van der Waals surface area contributed by atoms with Gasteiger partial charge in [0.2, 0.25) is 0 Å². The normalized spacial score (nSPS) is 24.8. The van der Waals surface area contributed by atoms with Crippen molar-refractivity contribution < 1.29 is 0 Å². The lowest BCUT2D eigenvalue weighted by atomic mass is 9.71. The maximum Gasteiger partial charge on any atom is 0.0139 e. The Morgan fingerprint density at radius 2 is 1.76 bits per heavy atom. The van der Waals surface area contributed by atoms with E-state index in [1.165, 1.54) is 50.5 Å². The maximum atomic E-state index is 6.59. The Morgan fingerprint density at radius 1 is 1.12 bits per heavy atom. The summed E-state index contributed by atoms with van der Waals surface area (Å²) >= 11 is 0. The molecule has 0 saturated heterocycles. The van der Waals surface area contributed by atoms with Crippen LogP contribution < -0.4 is 5.73 Å². The first-order chi connectivity index (χ1) is 8.31. The first-order valence-electron chi connectivity index (χ1n) is 7.12. The number of benzene rings is 1. The molecular formula is C16H23N. The SMILES string of the molecule is NC(CC1CC1)C1(c2ccccc2)CCCC1. The van der Waals surface area contributed by atoms with Crippen LogP contribution in [0.5, 0.6) is 0 Å². The van der Waals surface area contributed by atoms with E-state index in [9.17, 15) is 0 Å². The van der Waals surface area contributed by atoms with E-state index in [-0.39, 0.29) is 0 Å². The monoisotopic (exact) mass is 229 g/mol. The fraction of sp³-hybridized carbons (Fsp3) is 0.625. The molecule has 1 nitrogen and oxygen atoms in total. The highest BCUT2D eigenvalue weighted by Crippen LogP contribution is 2.46. The summed E-state index contributed by atoms with van der Waals surface area (Å²) in [5.41, 5.74) is 8.37. The summed E-state index contributed by atoms with van der Waals surface area (Å²) < 4.78 is 0. The van der Waals surface area contributed by atoms with Crippen molar-refractivity contribution in [2.75, 3.05) is 0 Å². The van der Waals surface area contributed by atoms with Gasteiger partial charge in [0.05, 0.1) is 0 Å². The molecule has 1 unspecified atom stereocenters. The second-order valence-corrected chi connectivity index (χ2v) is 6.01. The Bertz CT molecular complexity index is 360. The largest absolute Gasteiger partial charge is 0.327 e. The van der Waals surface area contributed by atoms with E-state index in [0.29, 0.717) is 11.5 Å². The van der Waals surface area contributed by atoms with Gasteiger partial charge in [-0.15, -0.1) is 0 Å². The maximum absolute atomic E-state index is 6.59. The molecular weight excluding hydrogens is 206 g/mol. The molecule has 0 radical (unpaired) electrons. The van der Waals surface area contributed by atoms with Gasteiger partial charge in [0.25, 0.3) is 0 Å². The van der Waals surface area contributed by atoms with Crippen LogP contribution in [0.4, 0.5) is 0 Å². The molecule has 1 heteroatoms. The lowest BCUT2D eigenvalue weighted by Gasteiger charge is -2.36. The minimum Gasteiger partial charge on any atom is -0.327 e. The summed E-state index contributed by atoms with van der Waals surface area (Å²) in [6, 6.07) is 11.4. The molecule has 92 valence electrons. The molecule has 0 heterocycles. The third-order valence-corrected chi connectivity index (χ3v) is 4.84. The Morgan fingerprint density at radius 3 is 2.35 bits per heavy atom. The highest BCUT2D eigenvalue weighted by atomic mass is 14.7. The van der Waals surface area contributed by atoms with Gasteiger partial charge >= 0.3 is 0 Å². The predicted molar refractivity (Wildman–Crippen MR) is 71.9 cm³/mol. The van der Waals surface area contributed by atoms with E-state index >= 15 is 0 Å². The van der Waals surface area contributed by atoms with Crippen molar-refractivity contribution in [2.45, 2.75) is 56.4 Å². The van der Waals surface area contributed by atoms with Crippen molar-refractivity contribution >= 4 is 0 Å². The van der Waals surface area contributed by atoms with E-state index in [4.69, 9.17) is 5.73 Å². The third-order valence-electron chi connectivity index (χ3n) is 4.84. The highest BCUT2D eigenvalue weighted by Gasteiger charge is 2.42. The van der Waals surface area contributed by atoms with E-state index in [1.54, 1.807) is 0 Å². The Labute approximate surface area is 104 Å². The van der Waals surface area contributed by atoms with Crippen LogP contribution in [0, 0.1) is 5.92 Å². The molecule has 2 saturated carbocycles. The van der Waals surface area contributed by atoms with Crippen molar-refractivity contribution in [1.29, 1.82) is 0 Å². The van der Waals surface area contributed by atoms with Gasteiger partial charge in [0.1, 0.15) is 0 Å². The van der Waals surface area contributed by atoms with Crippen molar-refractivity contribution in [3.8, 4) is 0 Å². The molecule has 1 aromatic carbocycles. The van der Waals surface area contributed by atoms with Gasteiger partial charge in [-0.3, -0.25) is 0 Å². The molecule has 17 heavy (non-hydrogen) atoms. The zero-order valence-corrected chi connectivity index (χ0v) is 10.6. The average Bonchev–Trinajstić information content (AvgIpc) is 3.04. The van der Waals surface area contributed by atoms with Crippen molar-refractivity contribution in [1.82, 2.24) is 0 Å².